The number of hydrogen-bond donors (Lipinski definition) is 0. The van der Waals surface area contributed by atoms with Gasteiger partial charge < -0.3 is 33.4 Å². The molecule has 0 radical (unpaired) electrons. The number of nitrogens with zero attached hydrogens (tertiary/aromatic N) is 3. The number of halogens is 2. The zero-order chi connectivity index (χ0) is 24.1. The minimum Gasteiger partial charge on any atom is -1.00 e. The van der Waals surface area contributed by atoms with Gasteiger partial charge in [0.1, 0.15) is 6.54 Å². The van der Waals surface area contributed by atoms with Gasteiger partial charge in [-0.3, -0.25) is 4.79 Å². The highest BCUT2D eigenvalue weighted by Crippen LogP contribution is 2.26. The van der Waals surface area contributed by atoms with E-state index < -0.39 is 10.0 Å². The Morgan fingerprint density at radius 1 is 0.886 bits per heavy atom. The lowest BCUT2D eigenvalue weighted by atomic mass is 9.96. The molecule has 0 aromatic heterocycles. The molecular formula is C26H29ClIN3O3S. The van der Waals surface area contributed by atoms with Crippen molar-refractivity contribution < 1.29 is 41.7 Å². The lowest BCUT2D eigenvalue weighted by Crippen LogP contribution is -3.00. The third-order valence-electron chi connectivity index (χ3n) is 6.98. The number of benzene rings is 3. The number of hydrogen-bond acceptors (Lipinski definition) is 3. The smallest absolute Gasteiger partial charge is 0.253 e. The molecule has 35 heavy (non-hydrogen) atoms. The normalized spacial score (nSPS) is 18.1. The molecule has 0 atom stereocenters. The summed E-state index contributed by atoms with van der Waals surface area (Å²) in [5, 5.41) is 2.34. The number of likely N-dealkylation sites (N-methyl/N-ethyl adjacent to an activating group) is 1. The first-order valence-electron chi connectivity index (χ1n) is 11.5. The molecule has 1 amide bonds. The van der Waals surface area contributed by atoms with Crippen molar-refractivity contribution in [1.29, 1.82) is 0 Å². The summed E-state index contributed by atoms with van der Waals surface area (Å²) in [5.74, 6) is -0.0262. The van der Waals surface area contributed by atoms with Crippen LogP contribution in [0.2, 0.25) is 5.02 Å². The monoisotopic (exact) mass is 625 g/mol. The molecule has 6 nitrogen and oxygen atoms in total. The Morgan fingerprint density at radius 3 is 2.31 bits per heavy atom. The summed E-state index contributed by atoms with van der Waals surface area (Å²) in [4.78, 5) is 15.2. The van der Waals surface area contributed by atoms with Crippen LogP contribution in [0, 0.1) is 0 Å². The second-order valence-electron chi connectivity index (χ2n) is 9.90. The molecule has 2 heterocycles. The fraction of sp³-hybridized carbons (Fsp3) is 0.346. The molecule has 1 fully saturated rings. The Balaban J connectivity index is 0.00000289. The predicted octanol–water partition coefficient (Wildman–Crippen LogP) is 0.776. The van der Waals surface area contributed by atoms with Crippen molar-refractivity contribution in [2.45, 2.75) is 17.9 Å². The highest BCUT2D eigenvalue weighted by Gasteiger charge is 2.31. The van der Waals surface area contributed by atoms with E-state index in [2.05, 4.69) is 20.2 Å². The van der Waals surface area contributed by atoms with Crippen molar-refractivity contribution in [3.8, 4) is 0 Å². The van der Waals surface area contributed by atoms with Crippen molar-refractivity contribution in [2.75, 3.05) is 46.8 Å². The van der Waals surface area contributed by atoms with E-state index in [0.29, 0.717) is 23.7 Å². The average Bonchev–Trinajstić information content (AvgIpc) is 2.82. The number of quaternary nitrogens is 1. The summed E-state index contributed by atoms with van der Waals surface area (Å²) >= 11 is 6.04. The van der Waals surface area contributed by atoms with E-state index in [-0.39, 0.29) is 47.9 Å². The van der Waals surface area contributed by atoms with E-state index in [1.165, 1.54) is 15.4 Å². The number of amides is 1. The highest BCUT2D eigenvalue weighted by molar-refractivity contribution is 7.89. The Morgan fingerprint density at radius 2 is 1.57 bits per heavy atom. The second-order valence-corrected chi connectivity index (χ2v) is 12.3. The van der Waals surface area contributed by atoms with Gasteiger partial charge in [0.2, 0.25) is 10.0 Å². The maximum absolute atomic E-state index is 13.3. The molecule has 0 unspecified atom stereocenters. The van der Waals surface area contributed by atoms with Crippen molar-refractivity contribution in [1.82, 2.24) is 9.21 Å². The molecule has 0 bridgehead atoms. The summed E-state index contributed by atoms with van der Waals surface area (Å²) in [7, 11) is 0.811. The first kappa shape index (κ1) is 26.3. The number of carbonyl (C=O) groups excluding carboxylic acids is 1. The van der Waals surface area contributed by atoms with Crippen LogP contribution in [0.25, 0.3) is 10.8 Å². The zero-order valence-corrected chi connectivity index (χ0v) is 23.6. The minimum absolute atomic E-state index is 0. The summed E-state index contributed by atoms with van der Waals surface area (Å²) in [5.41, 5.74) is 3.25. The molecule has 0 N–H and O–H groups in total. The van der Waals surface area contributed by atoms with Gasteiger partial charge in [-0.1, -0.05) is 29.8 Å². The fourth-order valence-electron chi connectivity index (χ4n) is 4.93. The quantitative estimate of drug-likeness (QED) is 0.320. The molecule has 186 valence electrons. The molecule has 0 saturated carbocycles. The summed E-state index contributed by atoms with van der Waals surface area (Å²) in [6.07, 6.45) is 0.966. The molecule has 1 saturated heterocycles. The standard InChI is InChI=1S/C26H29ClN3O3S.HI/c1-30(2)14-9-21-15-22(3-4-23(21)18-30)26(31)28-10-12-29(13-11-28)34(32,33)25-8-6-19-16-24(27)7-5-20(19)17-25;/h3-8,15-17H,9-14,18H2,1-2H3;1H/q+1;/p-1. The van der Waals surface area contributed by atoms with E-state index in [4.69, 9.17) is 11.6 Å². The largest absolute Gasteiger partial charge is 1.00 e. The van der Waals surface area contributed by atoms with Gasteiger partial charge in [-0.05, 0) is 52.7 Å². The summed E-state index contributed by atoms with van der Waals surface area (Å²) in [6.45, 7) is 3.35. The highest BCUT2D eigenvalue weighted by atomic mass is 127. The zero-order valence-electron chi connectivity index (χ0n) is 19.9. The second kappa shape index (κ2) is 9.97. The van der Waals surface area contributed by atoms with Crippen LogP contribution >= 0.6 is 11.6 Å². The molecule has 0 aliphatic carbocycles. The summed E-state index contributed by atoms with van der Waals surface area (Å²) in [6, 6.07) is 16.5. The average molecular weight is 626 g/mol. The van der Waals surface area contributed by atoms with Crippen molar-refractivity contribution in [2.24, 2.45) is 0 Å². The van der Waals surface area contributed by atoms with E-state index in [9.17, 15) is 13.2 Å². The number of sulfonamides is 1. The molecular weight excluding hydrogens is 597 g/mol. The van der Waals surface area contributed by atoms with Gasteiger partial charge >= 0.3 is 0 Å². The van der Waals surface area contributed by atoms with Gasteiger partial charge in [-0.25, -0.2) is 8.42 Å². The third kappa shape index (κ3) is 5.36. The molecule has 2 aliphatic heterocycles. The number of fused-ring (bicyclic) bond motifs is 2. The van der Waals surface area contributed by atoms with Gasteiger partial charge in [-0.15, -0.1) is 0 Å². The molecule has 2 aliphatic rings. The van der Waals surface area contributed by atoms with Crippen molar-refractivity contribution >= 4 is 38.3 Å². The lowest BCUT2D eigenvalue weighted by Gasteiger charge is -2.36. The number of carbonyl (C=O) groups is 1. The van der Waals surface area contributed by atoms with Gasteiger partial charge in [-0.2, -0.15) is 4.31 Å². The number of piperazine rings is 1. The SMILES string of the molecule is C[N+]1(C)CCc2cc(C(=O)N3CCN(S(=O)(=O)c4ccc5cc(Cl)ccc5c4)CC3)ccc2C1.[I-]. The minimum atomic E-state index is -3.64. The van der Waals surface area contributed by atoms with Crippen LogP contribution < -0.4 is 24.0 Å². The Labute approximate surface area is 229 Å². The Kier molecular flexibility index (Phi) is 7.51. The topological polar surface area (TPSA) is 57.7 Å². The van der Waals surface area contributed by atoms with Gasteiger partial charge in [0.05, 0.1) is 25.5 Å². The fourth-order valence-corrected chi connectivity index (χ4v) is 6.57. The van der Waals surface area contributed by atoms with Gasteiger partial charge in [0.25, 0.3) is 5.91 Å². The molecule has 9 heteroatoms. The first-order valence-corrected chi connectivity index (χ1v) is 13.4. The van der Waals surface area contributed by atoms with Gasteiger partial charge in [0, 0.05) is 48.7 Å². The van der Waals surface area contributed by atoms with Crippen LogP contribution in [-0.4, -0.2) is 74.8 Å². The van der Waals surface area contributed by atoms with Crippen LogP contribution in [0.3, 0.4) is 0 Å². The van der Waals surface area contributed by atoms with Crippen LogP contribution in [0.4, 0.5) is 0 Å². The van der Waals surface area contributed by atoms with Crippen LogP contribution in [0.15, 0.2) is 59.5 Å². The maximum Gasteiger partial charge on any atom is 0.253 e. The Hall–Kier alpha value is -1.72. The summed E-state index contributed by atoms with van der Waals surface area (Å²) < 4.78 is 28.9. The Bertz CT molecular complexity index is 1390. The lowest BCUT2D eigenvalue weighted by molar-refractivity contribution is -0.905. The van der Waals surface area contributed by atoms with E-state index in [1.54, 1.807) is 29.2 Å². The predicted molar refractivity (Wildman–Crippen MR) is 134 cm³/mol. The van der Waals surface area contributed by atoms with E-state index in [0.717, 1.165) is 34.8 Å². The molecule has 5 rings (SSSR count). The van der Waals surface area contributed by atoms with Gasteiger partial charge in [0.15, 0.2) is 0 Å². The number of rotatable bonds is 3. The van der Waals surface area contributed by atoms with E-state index >= 15 is 0 Å². The molecule has 0 spiro atoms. The van der Waals surface area contributed by atoms with Crippen LogP contribution in [0.5, 0.6) is 0 Å². The van der Waals surface area contributed by atoms with Crippen molar-refractivity contribution in [3.63, 3.8) is 0 Å². The first-order chi connectivity index (χ1) is 16.1. The van der Waals surface area contributed by atoms with Crippen LogP contribution in [0.1, 0.15) is 21.5 Å². The molecule has 3 aromatic rings. The van der Waals surface area contributed by atoms with Crippen LogP contribution in [-0.2, 0) is 23.0 Å². The van der Waals surface area contributed by atoms with Crippen molar-refractivity contribution in [3.05, 3.63) is 76.3 Å². The maximum atomic E-state index is 13.3. The van der Waals surface area contributed by atoms with E-state index in [1.807, 2.05) is 24.3 Å². The molecule has 3 aromatic carbocycles. The third-order valence-corrected chi connectivity index (χ3v) is 9.11.